The fraction of sp³-hybridized carbons (Fsp3) is 0.185. The van der Waals surface area contributed by atoms with Crippen molar-refractivity contribution in [2.75, 3.05) is 6.61 Å². The molecule has 0 amide bonds. The quantitative estimate of drug-likeness (QED) is 0.322. The molecule has 33 heavy (non-hydrogen) atoms. The minimum Gasteiger partial charge on any atom is -0.396 e. The Bertz CT molecular complexity index is 1250. The molecule has 0 aromatic heterocycles. The lowest BCUT2D eigenvalue weighted by atomic mass is 9.76. The molecule has 0 aliphatic heterocycles. The fourth-order valence-electron chi connectivity index (χ4n) is 4.15. The number of aliphatic imine (C=N–C) groups is 2. The minimum atomic E-state index is 0.121. The standard InChI is InChI=1S/C27H25Cl2N3O/c1-17-20(16-31-27(30)32-21-9-6-18(7-10-21)12-13-33)14-24(23-5-3-2-4-22(17)23)19-8-11-25(28)26(29)15-19/h2-11,15-16,24,33H,12-14H2,1H3,(H2,30,32)/b31-16-/t24-/m0/s1. The summed E-state index contributed by atoms with van der Waals surface area (Å²) in [6.45, 7) is 2.23. The molecule has 0 unspecified atom stereocenters. The van der Waals surface area contributed by atoms with Crippen LogP contribution in [0.15, 0.2) is 82.3 Å². The van der Waals surface area contributed by atoms with Crippen LogP contribution in [0.3, 0.4) is 0 Å². The van der Waals surface area contributed by atoms with Crippen LogP contribution >= 0.6 is 23.2 Å². The molecule has 1 atom stereocenters. The molecule has 0 saturated heterocycles. The molecule has 6 heteroatoms. The number of halogens is 2. The van der Waals surface area contributed by atoms with Crippen LogP contribution in [0.5, 0.6) is 0 Å². The second-order valence-electron chi connectivity index (χ2n) is 8.04. The van der Waals surface area contributed by atoms with Crippen LogP contribution in [0.1, 0.15) is 41.5 Å². The number of hydrogen-bond acceptors (Lipinski definition) is 2. The number of hydrogen-bond donors (Lipinski definition) is 2. The van der Waals surface area contributed by atoms with Gasteiger partial charge in [-0.2, -0.15) is 0 Å². The third kappa shape index (κ3) is 5.36. The number of allylic oxidation sites excluding steroid dienone is 2. The van der Waals surface area contributed by atoms with E-state index in [0.29, 0.717) is 16.5 Å². The van der Waals surface area contributed by atoms with E-state index in [-0.39, 0.29) is 18.5 Å². The van der Waals surface area contributed by atoms with Gasteiger partial charge in [0.15, 0.2) is 0 Å². The summed E-state index contributed by atoms with van der Waals surface area (Å²) in [5.41, 5.74) is 13.7. The zero-order valence-corrected chi connectivity index (χ0v) is 19.8. The predicted octanol–water partition coefficient (Wildman–Crippen LogP) is 6.55. The Morgan fingerprint density at radius 2 is 1.82 bits per heavy atom. The molecule has 1 aliphatic carbocycles. The van der Waals surface area contributed by atoms with Gasteiger partial charge in [-0.25, -0.2) is 9.98 Å². The Balaban J connectivity index is 1.62. The molecule has 3 aromatic carbocycles. The number of guanidine groups is 1. The van der Waals surface area contributed by atoms with Crippen LogP contribution in [0.4, 0.5) is 5.69 Å². The number of aliphatic hydroxyl groups excluding tert-OH is 1. The molecule has 0 heterocycles. The number of nitrogens with two attached hydrogens (primary N) is 1. The Kier molecular flexibility index (Phi) is 7.29. The van der Waals surface area contributed by atoms with Crippen molar-refractivity contribution < 1.29 is 5.11 Å². The highest BCUT2D eigenvalue weighted by molar-refractivity contribution is 6.42. The van der Waals surface area contributed by atoms with Crippen molar-refractivity contribution in [3.05, 3.63) is 105 Å². The van der Waals surface area contributed by atoms with Crippen molar-refractivity contribution >= 4 is 46.6 Å². The van der Waals surface area contributed by atoms with Gasteiger partial charge in [-0.05, 0) is 77.4 Å². The fourth-order valence-corrected chi connectivity index (χ4v) is 4.45. The van der Waals surface area contributed by atoms with Gasteiger partial charge in [0.25, 0.3) is 0 Å². The van der Waals surface area contributed by atoms with E-state index in [2.05, 4.69) is 35.1 Å². The van der Waals surface area contributed by atoms with Crippen LogP contribution in [0.2, 0.25) is 10.0 Å². The summed E-state index contributed by atoms with van der Waals surface area (Å²) >= 11 is 12.5. The largest absolute Gasteiger partial charge is 0.396 e. The third-order valence-electron chi connectivity index (χ3n) is 5.93. The first-order chi connectivity index (χ1) is 16.0. The molecule has 168 valence electrons. The smallest absolute Gasteiger partial charge is 0.220 e. The van der Waals surface area contributed by atoms with Gasteiger partial charge in [-0.3, -0.25) is 0 Å². The lowest BCUT2D eigenvalue weighted by molar-refractivity contribution is 0.299. The molecule has 4 rings (SSSR count). The van der Waals surface area contributed by atoms with Gasteiger partial charge in [0.1, 0.15) is 0 Å². The number of fused-ring (bicyclic) bond motifs is 1. The van der Waals surface area contributed by atoms with E-state index >= 15 is 0 Å². The molecule has 0 saturated carbocycles. The monoisotopic (exact) mass is 477 g/mol. The highest BCUT2D eigenvalue weighted by atomic mass is 35.5. The lowest BCUT2D eigenvalue weighted by Crippen LogP contribution is -2.14. The van der Waals surface area contributed by atoms with Gasteiger partial charge in [0.2, 0.25) is 5.96 Å². The third-order valence-corrected chi connectivity index (χ3v) is 6.66. The molecule has 0 radical (unpaired) electrons. The summed E-state index contributed by atoms with van der Waals surface area (Å²) in [6, 6.07) is 21.8. The molecule has 0 spiro atoms. The number of rotatable bonds is 5. The van der Waals surface area contributed by atoms with Crippen molar-refractivity contribution in [1.82, 2.24) is 0 Å². The lowest BCUT2D eigenvalue weighted by Gasteiger charge is -2.28. The van der Waals surface area contributed by atoms with Crippen LogP contribution in [-0.4, -0.2) is 23.9 Å². The zero-order chi connectivity index (χ0) is 23.4. The molecule has 1 aliphatic rings. The normalized spacial score (nSPS) is 16.4. The Morgan fingerprint density at radius 1 is 1.06 bits per heavy atom. The molecule has 0 fully saturated rings. The molecule has 3 aromatic rings. The summed E-state index contributed by atoms with van der Waals surface area (Å²) in [5, 5.41) is 10.1. The highest BCUT2D eigenvalue weighted by Gasteiger charge is 2.25. The maximum absolute atomic E-state index is 9.04. The average Bonchev–Trinajstić information content (AvgIpc) is 2.82. The van der Waals surface area contributed by atoms with Crippen molar-refractivity contribution in [3.8, 4) is 0 Å². The predicted molar refractivity (Wildman–Crippen MR) is 139 cm³/mol. The highest BCUT2D eigenvalue weighted by Crippen LogP contribution is 2.42. The summed E-state index contributed by atoms with van der Waals surface area (Å²) < 4.78 is 0. The van der Waals surface area contributed by atoms with E-state index in [1.165, 1.54) is 16.7 Å². The first kappa shape index (κ1) is 23.2. The van der Waals surface area contributed by atoms with Crippen LogP contribution < -0.4 is 5.73 Å². The van der Waals surface area contributed by atoms with Gasteiger partial charge < -0.3 is 10.8 Å². The second-order valence-corrected chi connectivity index (χ2v) is 8.85. The maximum atomic E-state index is 9.04. The van der Waals surface area contributed by atoms with Crippen LogP contribution in [0.25, 0.3) is 5.57 Å². The average molecular weight is 478 g/mol. The van der Waals surface area contributed by atoms with Gasteiger partial charge >= 0.3 is 0 Å². The Hall–Kier alpha value is -2.92. The summed E-state index contributed by atoms with van der Waals surface area (Å²) in [5.74, 6) is 0.327. The van der Waals surface area contributed by atoms with Crippen molar-refractivity contribution in [2.45, 2.75) is 25.7 Å². The molecule has 3 N–H and O–H groups in total. The first-order valence-electron chi connectivity index (χ1n) is 10.8. The summed E-state index contributed by atoms with van der Waals surface area (Å²) in [6.07, 6.45) is 3.20. The van der Waals surface area contributed by atoms with Crippen LogP contribution in [-0.2, 0) is 6.42 Å². The molecular weight excluding hydrogens is 453 g/mol. The number of nitrogens with zero attached hydrogens (tertiary/aromatic N) is 2. The first-order valence-corrected chi connectivity index (χ1v) is 11.5. The van der Waals surface area contributed by atoms with Crippen molar-refractivity contribution in [3.63, 3.8) is 0 Å². The van der Waals surface area contributed by atoms with E-state index in [4.69, 9.17) is 34.0 Å². The van der Waals surface area contributed by atoms with Gasteiger partial charge in [0, 0.05) is 18.7 Å². The summed E-state index contributed by atoms with van der Waals surface area (Å²) in [7, 11) is 0. The molecule has 4 nitrogen and oxygen atoms in total. The van der Waals surface area contributed by atoms with Crippen LogP contribution in [0, 0.1) is 0 Å². The zero-order valence-electron chi connectivity index (χ0n) is 18.3. The summed E-state index contributed by atoms with van der Waals surface area (Å²) in [4.78, 5) is 8.83. The van der Waals surface area contributed by atoms with Crippen molar-refractivity contribution in [1.29, 1.82) is 0 Å². The van der Waals surface area contributed by atoms with E-state index in [0.717, 1.165) is 28.8 Å². The maximum Gasteiger partial charge on any atom is 0.220 e. The molecular formula is C27H25Cl2N3O. The minimum absolute atomic E-state index is 0.121. The number of aliphatic hydroxyl groups is 1. The van der Waals surface area contributed by atoms with Crippen molar-refractivity contribution in [2.24, 2.45) is 15.7 Å². The second kappa shape index (κ2) is 10.3. The Labute approximate surface area is 204 Å². The van der Waals surface area contributed by atoms with E-state index in [9.17, 15) is 0 Å². The number of benzene rings is 3. The van der Waals surface area contributed by atoms with E-state index in [1.807, 2.05) is 54.7 Å². The van der Waals surface area contributed by atoms with E-state index in [1.54, 1.807) is 0 Å². The van der Waals surface area contributed by atoms with Gasteiger partial charge in [-0.1, -0.05) is 65.7 Å². The van der Waals surface area contributed by atoms with Gasteiger partial charge in [0.05, 0.1) is 15.7 Å². The molecule has 0 bridgehead atoms. The van der Waals surface area contributed by atoms with Gasteiger partial charge in [-0.15, -0.1) is 0 Å². The SMILES string of the molecule is CC1=C(/C=N\C(N)=Nc2ccc(CCO)cc2)C[C@@H](c2ccc(Cl)c(Cl)c2)c2ccccc21. The topological polar surface area (TPSA) is 71.0 Å². The van der Waals surface area contributed by atoms with E-state index < -0.39 is 0 Å². The Morgan fingerprint density at radius 3 is 2.55 bits per heavy atom.